The predicted octanol–water partition coefficient (Wildman–Crippen LogP) is 3.09. The summed E-state index contributed by atoms with van der Waals surface area (Å²) >= 11 is 6.04. The molecule has 0 saturated carbocycles. The Morgan fingerprint density at radius 3 is 2.67 bits per heavy atom. The van der Waals surface area contributed by atoms with E-state index in [9.17, 15) is 9.59 Å². The highest BCUT2D eigenvalue weighted by atomic mass is 35.5. The summed E-state index contributed by atoms with van der Waals surface area (Å²) in [7, 11) is 0. The average Bonchev–Trinajstić information content (AvgIpc) is 2.23. The zero-order chi connectivity index (χ0) is 13.7. The molecular formula is C13H14ClNO3. The third-order valence-corrected chi connectivity index (χ3v) is 2.69. The van der Waals surface area contributed by atoms with Gasteiger partial charge < -0.3 is 10.4 Å². The Balaban J connectivity index is 3.02. The highest BCUT2D eigenvalue weighted by Gasteiger charge is 2.05. The molecule has 5 heteroatoms. The molecule has 0 heterocycles. The second-order valence-electron chi connectivity index (χ2n) is 3.85. The van der Waals surface area contributed by atoms with E-state index in [2.05, 4.69) is 5.32 Å². The van der Waals surface area contributed by atoms with Crippen molar-refractivity contribution >= 4 is 35.2 Å². The van der Waals surface area contributed by atoms with E-state index in [1.54, 1.807) is 24.3 Å². The molecule has 0 aliphatic heterocycles. The van der Waals surface area contributed by atoms with Crippen molar-refractivity contribution in [3.05, 3.63) is 34.4 Å². The Kier molecular flexibility index (Phi) is 4.92. The molecule has 1 rings (SSSR count). The summed E-state index contributed by atoms with van der Waals surface area (Å²) in [6.45, 7) is 3.24. The van der Waals surface area contributed by atoms with Crippen LogP contribution in [0.25, 0.3) is 6.08 Å². The number of rotatable bonds is 4. The van der Waals surface area contributed by atoms with Gasteiger partial charge in [-0.15, -0.1) is 0 Å². The maximum atomic E-state index is 11.0. The lowest BCUT2D eigenvalue weighted by Crippen LogP contribution is -2.06. The van der Waals surface area contributed by atoms with Crippen molar-refractivity contribution < 1.29 is 14.7 Å². The highest BCUT2D eigenvalue weighted by molar-refractivity contribution is 6.32. The summed E-state index contributed by atoms with van der Waals surface area (Å²) in [5, 5.41) is 11.7. The predicted molar refractivity (Wildman–Crippen MR) is 71.8 cm³/mol. The first-order chi connectivity index (χ1) is 8.40. The van der Waals surface area contributed by atoms with Gasteiger partial charge >= 0.3 is 5.97 Å². The molecule has 4 nitrogen and oxygen atoms in total. The first kappa shape index (κ1) is 14.3. The van der Waals surface area contributed by atoms with E-state index in [-0.39, 0.29) is 12.3 Å². The second kappa shape index (κ2) is 6.21. The smallest absolute Gasteiger partial charge is 0.307 e. The van der Waals surface area contributed by atoms with Crippen molar-refractivity contribution in [3.63, 3.8) is 0 Å². The van der Waals surface area contributed by atoms with Crippen molar-refractivity contribution in [1.82, 2.24) is 0 Å². The van der Waals surface area contributed by atoms with Crippen LogP contribution in [-0.2, 0) is 9.59 Å². The van der Waals surface area contributed by atoms with Gasteiger partial charge in [0.1, 0.15) is 0 Å². The number of carboxylic acids is 1. The fourth-order valence-electron chi connectivity index (χ4n) is 1.44. The molecule has 0 radical (unpaired) electrons. The molecule has 0 aliphatic rings. The maximum absolute atomic E-state index is 11.0. The number of aliphatic carboxylic acids is 1. The summed E-state index contributed by atoms with van der Waals surface area (Å²) < 4.78 is 0. The van der Waals surface area contributed by atoms with Gasteiger partial charge in [0.05, 0.1) is 6.42 Å². The van der Waals surface area contributed by atoms with Crippen molar-refractivity contribution in [1.29, 1.82) is 0 Å². The van der Waals surface area contributed by atoms with Crippen LogP contribution in [0.4, 0.5) is 5.69 Å². The molecule has 1 amide bonds. The van der Waals surface area contributed by atoms with Gasteiger partial charge in [0, 0.05) is 17.6 Å². The number of hydrogen-bond acceptors (Lipinski definition) is 2. The SMILES string of the molecule is CC(=O)Nc1cc(Cl)c(C)c(/C=C\CC(=O)O)c1. The summed E-state index contributed by atoms with van der Waals surface area (Å²) in [4.78, 5) is 21.4. The number of hydrogen-bond donors (Lipinski definition) is 2. The number of halogens is 1. The molecule has 0 fully saturated rings. The zero-order valence-electron chi connectivity index (χ0n) is 10.2. The molecular weight excluding hydrogens is 254 g/mol. The fourth-order valence-corrected chi connectivity index (χ4v) is 1.66. The lowest BCUT2D eigenvalue weighted by Gasteiger charge is -2.08. The molecule has 96 valence electrons. The normalized spacial score (nSPS) is 10.6. The van der Waals surface area contributed by atoms with Gasteiger partial charge in [0.15, 0.2) is 0 Å². The molecule has 0 atom stereocenters. The summed E-state index contributed by atoms with van der Waals surface area (Å²) in [6.07, 6.45) is 3.17. The van der Waals surface area contributed by atoms with Crippen LogP contribution < -0.4 is 5.32 Å². The van der Waals surface area contributed by atoms with Crippen molar-refractivity contribution in [2.75, 3.05) is 5.32 Å². The number of carbonyl (C=O) groups is 2. The van der Waals surface area contributed by atoms with E-state index in [1.165, 1.54) is 6.92 Å². The van der Waals surface area contributed by atoms with Crippen LogP contribution in [0.5, 0.6) is 0 Å². The Morgan fingerprint density at radius 1 is 1.44 bits per heavy atom. The fraction of sp³-hybridized carbons (Fsp3) is 0.231. The standard InChI is InChI=1S/C13H14ClNO3/c1-8-10(4-3-5-13(17)18)6-11(7-12(8)14)15-9(2)16/h3-4,6-7H,5H2,1-2H3,(H,15,16)(H,17,18)/b4-3-. The lowest BCUT2D eigenvalue weighted by molar-refractivity contribution is -0.136. The van der Waals surface area contributed by atoms with Crippen LogP contribution in [-0.4, -0.2) is 17.0 Å². The van der Waals surface area contributed by atoms with E-state index >= 15 is 0 Å². The lowest BCUT2D eigenvalue weighted by atomic mass is 10.1. The van der Waals surface area contributed by atoms with Crippen molar-refractivity contribution in [2.45, 2.75) is 20.3 Å². The van der Waals surface area contributed by atoms with E-state index in [0.29, 0.717) is 10.7 Å². The minimum absolute atomic E-state index is 0.0541. The van der Waals surface area contributed by atoms with Gasteiger partial charge in [0.25, 0.3) is 0 Å². The molecule has 0 unspecified atom stereocenters. The number of anilines is 1. The third kappa shape index (κ3) is 4.22. The van der Waals surface area contributed by atoms with Crippen LogP contribution in [0, 0.1) is 6.92 Å². The van der Waals surface area contributed by atoms with E-state index in [0.717, 1.165) is 11.1 Å². The molecule has 0 saturated heterocycles. The third-order valence-electron chi connectivity index (χ3n) is 2.29. The van der Waals surface area contributed by atoms with Crippen molar-refractivity contribution in [2.24, 2.45) is 0 Å². The first-order valence-electron chi connectivity index (χ1n) is 5.36. The molecule has 0 spiro atoms. The summed E-state index contributed by atoms with van der Waals surface area (Å²) in [5.41, 5.74) is 2.22. The minimum Gasteiger partial charge on any atom is -0.481 e. The first-order valence-corrected chi connectivity index (χ1v) is 5.74. The average molecular weight is 268 g/mol. The maximum Gasteiger partial charge on any atom is 0.307 e. The number of amides is 1. The zero-order valence-corrected chi connectivity index (χ0v) is 10.9. The van der Waals surface area contributed by atoms with Crippen LogP contribution in [0.1, 0.15) is 24.5 Å². The van der Waals surface area contributed by atoms with E-state index < -0.39 is 5.97 Å². The number of nitrogens with one attached hydrogen (secondary N) is 1. The topological polar surface area (TPSA) is 66.4 Å². The van der Waals surface area contributed by atoms with Gasteiger partial charge in [0.2, 0.25) is 5.91 Å². The van der Waals surface area contributed by atoms with E-state index in [1.807, 2.05) is 6.92 Å². The summed E-state index contributed by atoms with van der Waals surface area (Å²) in [5.74, 6) is -1.08. The second-order valence-corrected chi connectivity index (χ2v) is 4.26. The van der Waals surface area contributed by atoms with Crippen molar-refractivity contribution in [3.8, 4) is 0 Å². The van der Waals surface area contributed by atoms with Gasteiger partial charge in [-0.1, -0.05) is 23.8 Å². The number of benzene rings is 1. The van der Waals surface area contributed by atoms with Crippen LogP contribution in [0.3, 0.4) is 0 Å². The van der Waals surface area contributed by atoms with Gasteiger partial charge in [-0.2, -0.15) is 0 Å². The Morgan fingerprint density at radius 2 is 2.11 bits per heavy atom. The minimum atomic E-state index is -0.895. The molecule has 0 aromatic heterocycles. The molecule has 0 aliphatic carbocycles. The highest BCUT2D eigenvalue weighted by Crippen LogP contribution is 2.25. The quantitative estimate of drug-likeness (QED) is 0.881. The number of carbonyl (C=O) groups excluding carboxylic acids is 1. The Labute approximate surface area is 110 Å². The molecule has 18 heavy (non-hydrogen) atoms. The van der Waals surface area contributed by atoms with Gasteiger partial charge in [-0.05, 0) is 30.2 Å². The van der Waals surface area contributed by atoms with Crippen LogP contribution in [0.2, 0.25) is 5.02 Å². The number of carboxylic acid groups (broad SMARTS) is 1. The Bertz CT molecular complexity index is 509. The molecule has 1 aromatic rings. The summed E-state index contributed by atoms with van der Waals surface area (Å²) in [6, 6.07) is 3.41. The Hall–Kier alpha value is -1.81. The molecule has 0 bridgehead atoms. The largest absolute Gasteiger partial charge is 0.481 e. The van der Waals surface area contributed by atoms with Crippen LogP contribution in [0.15, 0.2) is 18.2 Å². The van der Waals surface area contributed by atoms with Crippen LogP contribution >= 0.6 is 11.6 Å². The molecule has 1 aromatic carbocycles. The van der Waals surface area contributed by atoms with E-state index in [4.69, 9.17) is 16.7 Å². The van der Waals surface area contributed by atoms with Gasteiger partial charge in [-0.3, -0.25) is 9.59 Å². The molecule has 2 N–H and O–H groups in total. The van der Waals surface area contributed by atoms with Gasteiger partial charge in [-0.25, -0.2) is 0 Å². The monoisotopic (exact) mass is 267 g/mol.